The third-order valence-corrected chi connectivity index (χ3v) is 23.3. The Morgan fingerprint density at radius 1 is 0.410 bits per heavy atom. The molecule has 0 bridgehead atoms. The van der Waals surface area contributed by atoms with E-state index in [1.165, 1.54) is 98.2 Å². The maximum absolute atomic E-state index is 13.1. The Morgan fingerprint density at radius 2 is 0.761 bits per heavy atom. The van der Waals surface area contributed by atoms with Crippen molar-refractivity contribution in [1.29, 1.82) is 0 Å². The van der Waals surface area contributed by atoms with Crippen molar-refractivity contribution in [2.75, 3.05) is 53.4 Å². The highest BCUT2D eigenvalue weighted by Crippen LogP contribution is 2.49. The number of rotatable bonds is 21. The van der Waals surface area contributed by atoms with Crippen LogP contribution >= 0.6 is 11.6 Å². The minimum absolute atomic E-state index is 0.00101. The van der Waals surface area contributed by atoms with E-state index in [0.717, 1.165) is 108 Å². The van der Waals surface area contributed by atoms with Crippen molar-refractivity contribution in [3.63, 3.8) is 0 Å². The number of amides is 4. The molecule has 10 aromatic heterocycles. The molecule has 2 saturated carbocycles. The molecule has 7 N–H and O–H groups in total. The molecule has 41 heteroatoms. The van der Waals surface area contributed by atoms with Crippen LogP contribution in [-0.4, -0.2) is 143 Å². The quantitative estimate of drug-likeness (QED) is 0.0128. The largest absolute Gasteiger partial charge is 0.455 e. The Bertz CT molecular complexity index is 6840. The van der Waals surface area contributed by atoms with E-state index in [1.807, 2.05) is 18.3 Å². The number of fused-ring (bicyclic) bond motifs is 5. The van der Waals surface area contributed by atoms with Gasteiger partial charge < -0.3 is 69.9 Å². The number of hydrogen-bond acceptors (Lipinski definition) is 28. The van der Waals surface area contributed by atoms with Gasteiger partial charge in [-0.1, -0.05) is 11.6 Å². The predicted octanol–water partition coefficient (Wildman–Crippen LogP) is 18.0. The Morgan fingerprint density at radius 3 is 1.17 bits per heavy atom. The summed E-state index contributed by atoms with van der Waals surface area (Å²) in [6, 6.07) is 41.0. The fourth-order valence-electron chi connectivity index (χ4n) is 15.4. The summed E-state index contributed by atoms with van der Waals surface area (Å²) < 4.78 is 80.6. The summed E-state index contributed by atoms with van der Waals surface area (Å²) >= 11 is 5.94. The molecule has 0 radical (unpaired) electrons. The zero-order valence-corrected chi connectivity index (χ0v) is 72.5. The first-order valence-corrected chi connectivity index (χ1v) is 43.9. The Hall–Kier alpha value is -15.5. The van der Waals surface area contributed by atoms with E-state index in [-0.39, 0.29) is 42.4 Å². The van der Waals surface area contributed by atoms with Crippen molar-refractivity contribution in [2.24, 2.45) is 10.8 Å². The van der Waals surface area contributed by atoms with Crippen LogP contribution < -0.4 is 45.9 Å². The van der Waals surface area contributed by atoms with Crippen LogP contribution in [0.15, 0.2) is 221 Å². The number of nitrogen functional groups attached to an aromatic ring is 1. The maximum atomic E-state index is 13.1. The fraction of sp³-hybridized carbons (Fsp3) is 0.280. The highest BCUT2D eigenvalue weighted by molar-refractivity contribution is 6.33. The lowest BCUT2D eigenvalue weighted by molar-refractivity contribution is -0.384. The van der Waals surface area contributed by atoms with Gasteiger partial charge in [0.1, 0.15) is 100 Å². The minimum atomic E-state index is -1.13. The number of pyridine rings is 2. The molecule has 6 aliphatic rings. The van der Waals surface area contributed by atoms with Gasteiger partial charge in [-0.05, 0) is 236 Å². The molecule has 22 rings (SSSR count). The van der Waals surface area contributed by atoms with Crippen molar-refractivity contribution in [3.05, 3.63) is 248 Å². The van der Waals surface area contributed by atoms with Crippen molar-refractivity contribution >= 4 is 125 Å². The van der Waals surface area contributed by atoms with Crippen molar-refractivity contribution in [1.82, 2.24) is 88.0 Å². The van der Waals surface area contributed by atoms with Crippen LogP contribution in [0.4, 0.5) is 42.9 Å². The second kappa shape index (κ2) is 40.5. The zero-order chi connectivity index (χ0) is 92.1. The standard InChI is InChI=1S/C28H26FN5O4.C23H18FN5O3.C16H15N5O4.C16H17N5O2.C10H11ClN4O/c29-18-4-6-19(7-5-18)32-26(35)28(13-14-28)27(36)33-20-8-10-21(11-9-20)38-22-12-15-30-25-24(22)31-17-34(25)23-3-1-2-16-37-23;24-14-1-3-15(4-2-14)28-21(30)23(10-11-23)22(31)29-16-5-7-17(8-6-16)32-18-9-12-25-20-19(18)26-13-27-20;22-21(23)11-4-6-12(7-5-11)25-16-14-15(17-9-18-16)20(10-19-14)13-3-1-2-8-24-13;17-11-4-6-12(7-5-11)23-16-14-15(18-9-19-16)21(10-20-14)13-3-1-2-8-22-13;11-9-8-10(13-5-12-9)15(6-14-8)7-3-1-2-4-16-7/h4-12,15,17,23H,1-3,13-14,16H2,(H,32,35)(H,33,36);1-9,12-13H,10-11H2,(H,28,30)(H,29,31)(H,25,26,27);4-7,9-10,13H,1-3,8H2;4-7,9-10,13H,1-3,8,17H2;5-7H,1-4H2. The highest BCUT2D eigenvalue weighted by atomic mass is 35.5. The van der Waals surface area contributed by atoms with E-state index in [4.69, 9.17) is 55.2 Å². The molecule has 4 aliphatic heterocycles. The summed E-state index contributed by atoms with van der Waals surface area (Å²) in [6.45, 7) is 3.01. The third-order valence-electron chi connectivity index (χ3n) is 23.0. The number of imidazole rings is 5. The van der Waals surface area contributed by atoms with Gasteiger partial charge in [0.25, 0.3) is 17.4 Å². The number of hydrogen-bond donors (Lipinski definition) is 6. The molecule has 134 heavy (non-hydrogen) atoms. The number of aromatic nitrogens is 18. The summed E-state index contributed by atoms with van der Waals surface area (Å²) in [7, 11) is 0. The molecule has 38 nitrogen and oxygen atoms in total. The molecule has 684 valence electrons. The topological polar surface area (TPSA) is 462 Å². The second-order valence-corrected chi connectivity index (χ2v) is 32.5. The first-order chi connectivity index (χ1) is 65.4. The normalized spacial score (nSPS) is 17.4. The van der Waals surface area contributed by atoms with E-state index in [2.05, 4.69) is 91.0 Å². The number of carbonyl (C=O) groups is 4. The monoisotopic (exact) mass is 1840 g/mol. The van der Waals surface area contributed by atoms with Crippen LogP contribution in [0.5, 0.6) is 46.3 Å². The van der Waals surface area contributed by atoms with Crippen LogP contribution in [0, 0.1) is 32.6 Å². The molecule has 4 atom stereocenters. The molecule has 16 aromatic rings. The lowest BCUT2D eigenvalue weighted by Gasteiger charge is -2.23. The van der Waals surface area contributed by atoms with Gasteiger partial charge in [0.05, 0.1) is 36.6 Å². The number of ether oxygens (including phenoxy) is 8. The summed E-state index contributed by atoms with van der Waals surface area (Å²) in [4.78, 5) is 120. The van der Waals surface area contributed by atoms with Gasteiger partial charge in [-0.2, -0.15) is 9.97 Å². The summed E-state index contributed by atoms with van der Waals surface area (Å²) in [6.07, 6.45) is 30.4. The van der Waals surface area contributed by atoms with E-state index in [0.29, 0.717) is 150 Å². The number of non-ortho nitro benzene ring substituents is 1. The van der Waals surface area contributed by atoms with E-state index in [9.17, 15) is 38.1 Å². The van der Waals surface area contributed by atoms with Gasteiger partial charge in [0.2, 0.25) is 23.6 Å². The molecule has 2 aliphatic carbocycles. The fourth-order valence-corrected chi connectivity index (χ4v) is 15.6. The molecule has 6 fully saturated rings. The maximum Gasteiger partial charge on any atom is 0.269 e. The number of nitrogens with one attached hydrogen (secondary N) is 5. The van der Waals surface area contributed by atoms with Crippen LogP contribution in [0.25, 0.3) is 55.8 Å². The SMILES string of the molecule is Clc1ncnc2c1ncn2C1CCCCO1.Nc1ccc(Oc2ncnc3c2ncn3C2CCCCO2)cc1.O=C(Nc1ccc(F)cc1)C1(C(=O)Nc2ccc(Oc3ccnc4c3ncn4C3CCCCO3)cc2)CC1.O=C(Nc1ccc(F)cc1)C1(C(=O)Nc2ccc(Oc3ccnc4nc[nH]c34)cc2)CC1.O=[N+]([O-])c1ccc(Oc2ncnc3c2ncn3C2CCCCO2)cc1. The molecule has 4 amide bonds. The Balaban J connectivity index is 0.000000115. The number of nitrogens with two attached hydrogens (primary N) is 1. The van der Waals surface area contributed by atoms with Crippen LogP contribution in [0.3, 0.4) is 0 Å². The van der Waals surface area contributed by atoms with Gasteiger partial charge in [0.15, 0.2) is 61.4 Å². The van der Waals surface area contributed by atoms with Gasteiger partial charge in [-0.25, -0.2) is 63.6 Å². The summed E-state index contributed by atoms with van der Waals surface area (Å²) in [5.41, 5.74) is 12.6. The average Bonchev–Trinajstić information content (AvgIpc) is 1.61. The van der Waals surface area contributed by atoms with Crippen LogP contribution in [0.2, 0.25) is 5.15 Å². The van der Waals surface area contributed by atoms with E-state index < -0.39 is 39.2 Å². The van der Waals surface area contributed by atoms with Crippen LogP contribution in [-0.2, 0) is 38.1 Å². The van der Waals surface area contributed by atoms with Crippen LogP contribution in [0.1, 0.15) is 128 Å². The lowest BCUT2D eigenvalue weighted by Crippen LogP contribution is -2.35. The molecule has 6 aromatic carbocycles. The number of anilines is 5. The number of aromatic amines is 1. The summed E-state index contributed by atoms with van der Waals surface area (Å²) in [5.74, 6) is 1.75. The highest BCUT2D eigenvalue weighted by Gasteiger charge is 2.57. The molecule has 14 heterocycles. The Labute approximate surface area is 765 Å². The number of nitro benzene ring substituents is 1. The zero-order valence-electron chi connectivity index (χ0n) is 71.7. The number of nitrogens with zero attached hydrogens (tertiary/aromatic N) is 18. The van der Waals surface area contributed by atoms with Gasteiger partial charge >= 0.3 is 0 Å². The number of nitro groups is 1. The summed E-state index contributed by atoms with van der Waals surface area (Å²) in [5, 5.41) is 22.1. The van der Waals surface area contributed by atoms with Crippen molar-refractivity contribution in [2.45, 2.75) is 128 Å². The third kappa shape index (κ3) is 20.6. The van der Waals surface area contributed by atoms with E-state index in [1.54, 1.807) is 129 Å². The number of halogens is 3. The molecular formula is C93H87ClF2N24O14. The average molecular weight is 1840 g/mol. The first kappa shape index (κ1) is 89.1. The lowest BCUT2D eigenvalue weighted by atomic mass is 10.0. The molecule has 0 spiro atoms. The van der Waals surface area contributed by atoms with Gasteiger partial charge in [-0.15, -0.1) is 0 Å². The van der Waals surface area contributed by atoms with Gasteiger partial charge in [-0.3, -0.25) is 47.6 Å². The second-order valence-electron chi connectivity index (χ2n) is 32.1. The Kier molecular flexibility index (Phi) is 26.9. The van der Waals surface area contributed by atoms with Crippen molar-refractivity contribution < 1.29 is 70.8 Å². The number of benzene rings is 6. The minimum Gasteiger partial charge on any atom is -0.455 e. The predicted molar refractivity (Wildman–Crippen MR) is 486 cm³/mol. The number of H-pyrrole nitrogens is 1. The molecule has 4 saturated heterocycles. The number of carbonyl (C=O) groups excluding carboxylic acids is 4. The molecule has 4 unspecified atom stereocenters. The van der Waals surface area contributed by atoms with Crippen molar-refractivity contribution in [3.8, 4) is 46.3 Å². The van der Waals surface area contributed by atoms with E-state index >= 15 is 0 Å². The van der Waals surface area contributed by atoms with Gasteiger partial charge in [0, 0.05) is 91.5 Å². The molecular weight excluding hydrogens is 1750 g/mol. The smallest absolute Gasteiger partial charge is 0.269 e. The first-order valence-electron chi connectivity index (χ1n) is 43.5.